The van der Waals surface area contributed by atoms with Crippen molar-refractivity contribution in [1.29, 1.82) is 0 Å². The average molecular weight is 573 g/mol. The van der Waals surface area contributed by atoms with Gasteiger partial charge in [0.1, 0.15) is 5.82 Å². The van der Waals surface area contributed by atoms with Crippen LogP contribution in [0.4, 0.5) is 22.0 Å². The van der Waals surface area contributed by atoms with E-state index in [1.54, 1.807) is 25.1 Å². The van der Waals surface area contributed by atoms with Gasteiger partial charge in [0.2, 0.25) is 5.82 Å². The summed E-state index contributed by atoms with van der Waals surface area (Å²) in [6.07, 6.45) is 7.12. The van der Waals surface area contributed by atoms with Gasteiger partial charge in [0.15, 0.2) is 23.2 Å². The summed E-state index contributed by atoms with van der Waals surface area (Å²) in [6, 6.07) is 10.1. The van der Waals surface area contributed by atoms with Crippen LogP contribution >= 0.6 is 0 Å². The van der Waals surface area contributed by atoms with Crippen LogP contribution in [0.2, 0.25) is 0 Å². The second-order valence-electron chi connectivity index (χ2n) is 10.7. The van der Waals surface area contributed by atoms with E-state index in [0.717, 1.165) is 31.3 Å². The van der Waals surface area contributed by atoms with Crippen LogP contribution < -0.4 is 4.74 Å². The largest absolute Gasteiger partial charge is 0.491 e. The highest BCUT2D eigenvalue weighted by Gasteiger charge is 2.22. The van der Waals surface area contributed by atoms with Crippen molar-refractivity contribution in [2.45, 2.75) is 77.7 Å². The first-order chi connectivity index (χ1) is 19.7. The summed E-state index contributed by atoms with van der Waals surface area (Å²) in [5.41, 5.74) is 1.74. The van der Waals surface area contributed by atoms with Crippen molar-refractivity contribution in [3.05, 3.63) is 94.3 Å². The first kappa shape index (κ1) is 30.8. The maximum atomic E-state index is 15.1. The third-order valence-electron chi connectivity index (χ3n) is 7.95. The van der Waals surface area contributed by atoms with Gasteiger partial charge in [0, 0.05) is 16.7 Å². The van der Waals surface area contributed by atoms with E-state index in [4.69, 9.17) is 4.74 Å². The SMILES string of the molecule is CCCCCC(O)c1ccc(CCC2CC=C(c3ccc(-c4ccc(OCC)c(F)c4F)cc3F)CC2)c(F)c1F. The zero-order valence-electron chi connectivity index (χ0n) is 23.6. The van der Waals surface area contributed by atoms with Crippen LogP contribution in [0.3, 0.4) is 0 Å². The number of aliphatic hydroxyl groups is 1. The number of hydrogen-bond donors (Lipinski definition) is 1. The van der Waals surface area contributed by atoms with Gasteiger partial charge in [-0.1, -0.05) is 56.5 Å². The number of halogens is 5. The lowest BCUT2D eigenvalue weighted by Crippen LogP contribution is -2.09. The van der Waals surface area contributed by atoms with Crippen LogP contribution in [-0.2, 0) is 6.42 Å². The second-order valence-corrected chi connectivity index (χ2v) is 10.7. The predicted molar refractivity (Wildman–Crippen MR) is 152 cm³/mol. The molecule has 3 aromatic rings. The molecule has 0 aromatic heterocycles. The molecule has 220 valence electrons. The fourth-order valence-electron chi connectivity index (χ4n) is 5.52. The van der Waals surface area contributed by atoms with Gasteiger partial charge in [-0.15, -0.1) is 0 Å². The van der Waals surface area contributed by atoms with Crippen LogP contribution in [0.25, 0.3) is 16.7 Å². The van der Waals surface area contributed by atoms with Crippen LogP contribution in [0.5, 0.6) is 5.75 Å². The Labute approximate surface area is 238 Å². The molecule has 0 aliphatic heterocycles. The molecular weight excluding hydrogens is 535 g/mol. The lowest BCUT2D eigenvalue weighted by atomic mass is 9.83. The summed E-state index contributed by atoms with van der Waals surface area (Å²) in [7, 11) is 0. The fourth-order valence-corrected chi connectivity index (χ4v) is 5.52. The van der Waals surface area contributed by atoms with E-state index >= 15 is 4.39 Å². The van der Waals surface area contributed by atoms with Gasteiger partial charge in [-0.25, -0.2) is 17.6 Å². The lowest BCUT2D eigenvalue weighted by molar-refractivity contribution is 0.158. The third kappa shape index (κ3) is 7.18. The van der Waals surface area contributed by atoms with Crippen molar-refractivity contribution in [2.24, 2.45) is 5.92 Å². The van der Waals surface area contributed by atoms with Gasteiger partial charge in [0.25, 0.3) is 0 Å². The highest BCUT2D eigenvalue weighted by molar-refractivity contribution is 5.72. The van der Waals surface area contributed by atoms with Gasteiger partial charge < -0.3 is 9.84 Å². The van der Waals surface area contributed by atoms with Crippen molar-refractivity contribution in [2.75, 3.05) is 6.61 Å². The molecule has 41 heavy (non-hydrogen) atoms. The van der Waals surface area contributed by atoms with E-state index in [1.807, 2.05) is 13.0 Å². The molecule has 1 aliphatic rings. The molecule has 0 fully saturated rings. The molecule has 1 N–H and O–H groups in total. The second kappa shape index (κ2) is 14.1. The van der Waals surface area contributed by atoms with Crippen LogP contribution in [0.1, 0.15) is 88.0 Å². The minimum absolute atomic E-state index is 0.0102. The molecule has 7 heteroatoms. The number of allylic oxidation sites excluding steroid dienone is 2. The maximum Gasteiger partial charge on any atom is 0.201 e. The van der Waals surface area contributed by atoms with Gasteiger partial charge in [0.05, 0.1) is 12.7 Å². The van der Waals surface area contributed by atoms with E-state index in [1.165, 1.54) is 24.3 Å². The summed E-state index contributed by atoms with van der Waals surface area (Å²) in [4.78, 5) is 0. The van der Waals surface area contributed by atoms with Crippen molar-refractivity contribution in [1.82, 2.24) is 0 Å². The van der Waals surface area contributed by atoms with E-state index in [0.29, 0.717) is 43.2 Å². The Morgan fingerprint density at radius 2 is 1.66 bits per heavy atom. The highest BCUT2D eigenvalue weighted by Crippen LogP contribution is 2.37. The average Bonchev–Trinajstić information content (AvgIpc) is 2.97. The quantitative estimate of drug-likeness (QED) is 0.173. The molecule has 2 unspecified atom stereocenters. The Morgan fingerprint density at radius 1 is 0.878 bits per heavy atom. The standard InChI is InChI=1S/C34H37F5O2/c1-3-5-6-7-29(40)27-17-14-23(31(36)33(27)38)13-10-21-8-11-22(12-9-21)25-16-15-24(20-28(25)35)26-18-19-30(41-4-2)34(39)32(26)37/h11,14-21,29,40H,3-10,12-13H2,1-2H3. The summed E-state index contributed by atoms with van der Waals surface area (Å²) >= 11 is 0. The number of rotatable bonds is 12. The molecule has 0 radical (unpaired) electrons. The molecule has 0 heterocycles. The molecule has 0 saturated heterocycles. The minimum atomic E-state index is -1.10. The lowest BCUT2D eigenvalue weighted by Gasteiger charge is -2.23. The molecule has 0 bridgehead atoms. The Bertz CT molecular complexity index is 1380. The number of aryl methyl sites for hydroxylation is 1. The van der Waals surface area contributed by atoms with Crippen molar-refractivity contribution >= 4 is 5.57 Å². The summed E-state index contributed by atoms with van der Waals surface area (Å²) in [6.45, 7) is 3.91. The third-order valence-corrected chi connectivity index (χ3v) is 7.95. The van der Waals surface area contributed by atoms with E-state index in [9.17, 15) is 22.7 Å². The van der Waals surface area contributed by atoms with Crippen LogP contribution in [0, 0.1) is 35.0 Å². The smallest absolute Gasteiger partial charge is 0.201 e. The van der Waals surface area contributed by atoms with Crippen molar-refractivity contribution in [3.63, 3.8) is 0 Å². The fraction of sp³-hybridized carbons (Fsp3) is 0.412. The predicted octanol–water partition coefficient (Wildman–Crippen LogP) is 9.88. The van der Waals surface area contributed by atoms with E-state index < -0.39 is 35.2 Å². The Balaban J connectivity index is 1.38. The van der Waals surface area contributed by atoms with E-state index in [-0.39, 0.29) is 35.0 Å². The number of aliphatic hydroxyl groups excluding tert-OH is 1. The molecule has 0 amide bonds. The molecule has 0 saturated carbocycles. The first-order valence-electron chi connectivity index (χ1n) is 14.5. The highest BCUT2D eigenvalue weighted by atomic mass is 19.2. The van der Waals surface area contributed by atoms with Crippen LogP contribution in [0.15, 0.2) is 48.5 Å². The van der Waals surface area contributed by atoms with Gasteiger partial charge in [-0.05, 0) is 86.3 Å². The minimum Gasteiger partial charge on any atom is -0.491 e. The molecule has 4 rings (SSSR count). The Hall–Kier alpha value is -3.19. The normalized spacial score (nSPS) is 16.0. The molecular formula is C34H37F5O2. The number of hydrogen-bond acceptors (Lipinski definition) is 2. The maximum absolute atomic E-state index is 15.1. The zero-order valence-corrected chi connectivity index (χ0v) is 23.6. The van der Waals surface area contributed by atoms with Gasteiger partial charge >= 0.3 is 0 Å². The van der Waals surface area contributed by atoms with Crippen LogP contribution in [-0.4, -0.2) is 11.7 Å². The molecule has 3 aromatic carbocycles. The summed E-state index contributed by atoms with van der Waals surface area (Å²) in [5.74, 6) is -4.52. The Kier molecular flexibility index (Phi) is 10.6. The molecule has 2 nitrogen and oxygen atoms in total. The van der Waals surface area contributed by atoms with Gasteiger partial charge in [-0.2, -0.15) is 4.39 Å². The van der Waals surface area contributed by atoms with E-state index in [2.05, 4.69) is 0 Å². The topological polar surface area (TPSA) is 29.5 Å². The van der Waals surface area contributed by atoms with Crippen molar-refractivity contribution < 1.29 is 31.8 Å². The Morgan fingerprint density at radius 3 is 2.34 bits per heavy atom. The zero-order chi connectivity index (χ0) is 29.5. The summed E-state index contributed by atoms with van der Waals surface area (Å²) < 4.78 is 78.5. The summed E-state index contributed by atoms with van der Waals surface area (Å²) in [5, 5.41) is 10.3. The first-order valence-corrected chi connectivity index (χ1v) is 14.5. The number of unbranched alkanes of at least 4 members (excludes halogenated alkanes) is 2. The number of benzene rings is 3. The molecule has 0 spiro atoms. The van der Waals surface area contributed by atoms with Gasteiger partial charge in [-0.3, -0.25) is 0 Å². The molecule has 2 atom stereocenters. The molecule has 1 aliphatic carbocycles. The monoisotopic (exact) mass is 572 g/mol. The van der Waals surface area contributed by atoms with Crippen molar-refractivity contribution in [3.8, 4) is 16.9 Å². The number of ether oxygens (including phenoxy) is 1.